The first-order valence-corrected chi connectivity index (χ1v) is 6.94. The van der Waals surface area contributed by atoms with Crippen molar-refractivity contribution in [3.8, 4) is 0 Å². The van der Waals surface area contributed by atoms with Gasteiger partial charge in [-0.15, -0.1) is 0 Å². The molecule has 0 aromatic heterocycles. The maximum Gasteiger partial charge on any atom is 0.401 e. The highest BCUT2D eigenvalue weighted by Crippen LogP contribution is 2.25. The molecule has 0 saturated carbocycles. The molecule has 20 heavy (non-hydrogen) atoms. The molecule has 0 spiro atoms. The molecular weight excluding hydrogens is 289 g/mol. The maximum atomic E-state index is 12.3. The summed E-state index contributed by atoms with van der Waals surface area (Å²) in [6, 6.07) is 7.37. The first-order chi connectivity index (χ1) is 9.33. The number of rotatable bonds is 7. The lowest BCUT2D eigenvalue weighted by Crippen LogP contribution is -2.34. The van der Waals surface area contributed by atoms with Gasteiger partial charge in [-0.25, -0.2) is 0 Å². The van der Waals surface area contributed by atoms with Gasteiger partial charge in [0, 0.05) is 11.1 Å². The fourth-order valence-corrected chi connectivity index (χ4v) is 2.37. The van der Waals surface area contributed by atoms with Gasteiger partial charge in [-0.05, 0) is 38.2 Å². The van der Waals surface area contributed by atoms with Crippen LogP contribution in [0.1, 0.15) is 24.9 Å². The summed E-state index contributed by atoms with van der Waals surface area (Å²) in [4.78, 5) is 1.28. The van der Waals surface area contributed by atoms with E-state index in [0.717, 1.165) is 12.1 Å². The Labute approximate surface area is 122 Å². The fraction of sp³-hybridized carbons (Fsp3) is 0.571. The molecule has 0 aliphatic carbocycles. The number of hydrogen-bond acceptors (Lipinski definition) is 2. The molecule has 1 unspecified atom stereocenters. The van der Waals surface area contributed by atoms with Crippen LogP contribution in [0, 0.1) is 0 Å². The van der Waals surface area contributed by atoms with E-state index in [0.29, 0.717) is 18.0 Å². The Morgan fingerprint density at radius 2 is 1.95 bits per heavy atom. The van der Waals surface area contributed by atoms with Crippen molar-refractivity contribution in [3.05, 3.63) is 34.9 Å². The van der Waals surface area contributed by atoms with E-state index in [1.165, 1.54) is 11.9 Å². The molecule has 1 atom stereocenters. The SMILES string of the molecule is CCNC(CCN(C)CC(F)(F)F)c1ccccc1Cl. The third-order valence-corrected chi connectivity index (χ3v) is 3.32. The predicted octanol–water partition coefficient (Wildman–Crippen LogP) is 3.87. The lowest BCUT2D eigenvalue weighted by atomic mass is 10.0. The molecule has 114 valence electrons. The van der Waals surface area contributed by atoms with Crippen molar-refractivity contribution in [2.24, 2.45) is 0 Å². The van der Waals surface area contributed by atoms with Gasteiger partial charge in [0.2, 0.25) is 0 Å². The van der Waals surface area contributed by atoms with Crippen molar-refractivity contribution in [1.82, 2.24) is 10.2 Å². The highest BCUT2D eigenvalue weighted by molar-refractivity contribution is 6.31. The minimum absolute atomic E-state index is 0.0376. The van der Waals surface area contributed by atoms with Crippen molar-refractivity contribution < 1.29 is 13.2 Å². The number of nitrogens with zero attached hydrogens (tertiary/aromatic N) is 1. The van der Waals surface area contributed by atoms with E-state index in [1.54, 1.807) is 6.07 Å². The number of benzene rings is 1. The monoisotopic (exact) mass is 308 g/mol. The highest BCUT2D eigenvalue weighted by Gasteiger charge is 2.29. The Morgan fingerprint density at radius 3 is 2.50 bits per heavy atom. The summed E-state index contributed by atoms with van der Waals surface area (Å²) < 4.78 is 36.9. The summed E-state index contributed by atoms with van der Waals surface area (Å²) in [5.74, 6) is 0. The van der Waals surface area contributed by atoms with Crippen LogP contribution in [0.25, 0.3) is 0 Å². The van der Waals surface area contributed by atoms with Crippen molar-refractivity contribution in [3.63, 3.8) is 0 Å². The van der Waals surface area contributed by atoms with Crippen LogP contribution in [0.2, 0.25) is 5.02 Å². The summed E-state index contributed by atoms with van der Waals surface area (Å²) in [5, 5.41) is 3.90. The molecule has 0 bridgehead atoms. The third kappa shape index (κ3) is 6.11. The lowest BCUT2D eigenvalue weighted by molar-refractivity contribution is -0.143. The summed E-state index contributed by atoms with van der Waals surface area (Å²) in [6.45, 7) is 2.15. The Bertz CT molecular complexity index is 410. The molecule has 1 N–H and O–H groups in total. The van der Waals surface area contributed by atoms with Crippen LogP contribution in [0.15, 0.2) is 24.3 Å². The largest absolute Gasteiger partial charge is 0.401 e. The molecule has 0 radical (unpaired) electrons. The van der Waals surface area contributed by atoms with Gasteiger partial charge in [0.15, 0.2) is 0 Å². The normalized spacial score (nSPS) is 13.8. The quantitative estimate of drug-likeness (QED) is 0.822. The van der Waals surface area contributed by atoms with Gasteiger partial charge in [0.1, 0.15) is 0 Å². The van der Waals surface area contributed by atoms with Crippen LogP contribution < -0.4 is 5.32 Å². The zero-order valence-corrected chi connectivity index (χ0v) is 12.4. The second-order valence-corrected chi connectivity index (χ2v) is 5.18. The molecule has 6 heteroatoms. The standard InChI is InChI=1S/C14H20ClF3N2/c1-3-19-13(11-6-4-5-7-12(11)15)8-9-20(2)10-14(16,17)18/h4-7,13,19H,3,8-10H2,1-2H3. The van der Waals surface area contributed by atoms with Crippen LogP contribution in [0.3, 0.4) is 0 Å². The van der Waals surface area contributed by atoms with Crippen LogP contribution in [-0.4, -0.2) is 37.8 Å². The molecule has 2 nitrogen and oxygen atoms in total. The van der Waals surface area contributed by atoms with Gasteiger partial charge in [0.25, 0.3) is 0 Å². The first-order valence-electron chi connectivity index (χ1n) is 6.56. The number of alkyl halides is 3. The van der Waals surface area contributed by atoms with Gasteiger partial charge in [-0.3, -0.25) is 4.90 Å². The summed E-state index contributed by atoms with van der Waals surface area (Å²) >= 11 is 6.14. The topological polar surface area (TPSA) is 15.3 Å². The smallest absolute Gasteiger partial charge is 0.310 e. The van der Waals surface area contributed by atoms with Gasteiger partial charge < -0.3 is 5.32 Å². The van der Waals surface area contributed by atoms with E-state index in [1.807, 2.05) is 25.1 Å². The van der Waals surface area contributed by atoms with Crippen molar-refractivity contribution in [2.45, 2.75) is 25.6 Å². The summed E-state index contributed by atoms with van der Waals surface area (Å²) in [5.41, 5.74) is 0.927. The molecule has 0 aliphatic rings. The van der Waals surface area contributed by atoms with E-state index in [2.05, 4.69) is 5.32 Å². The minimum Gasteiger partial charge on any atom is -0.310 e. The zero-order valence-electron chi connectivity index (χ0n) is 11.7. The summed E-state index contributed by atoms with van der Waals surface area (Å²) in [6.07, 6.45) is -3.59. The highest BCUT2D eigenvalue weighted by atomic mass is 35.5. The molecule has 0 saturated heterocycles. The van der Waals surface area contributed by atoms with E-state index in [-0.39, 0.29) is 6.04 Å². The number of hydrogen-bond donors (Lipinski definition) is 1. The zero-order chi connectivity index (χ0) is 15.2. The van der Waals surface area contributed by atoms with E-state index in [4.69, 9.17) is 11.6 Å². The maximum absolute atomic E-state index is 12.3. The lowest BCUT2D eigenvalue weighted by Gasteiger charge is -2.24. The molecule has 0 aliphatic heterocycles. The van der Waals surface area contributed by atoms with Crippen molar-refractivity contribution in [1.29, 1.82) is 0 Å². The molecule has 1 aromatic carbocycles. The van der Waals surface area contributed by atoms with Gasteiger partial charge in [-0.1, -0.05) is 36.7 Å². The van der Waals surface area contributed by atoms with Gasteiger partial charge >= 0.3 is 6.18 Å². The van der Waals surface area contributed by atoms with Gasteiger partial charge in [-0.2, -0.15) is 13.2 Å². The fourth-order valence-electron chi connectivity index (χ4n) is 2.11. The Kier molecular flexibility index (Phi) is 6.79. The predicted molar refractivity (Wildman–Crippen MR) is 76.0 cm³/mol. The minimum atomic E-state index is -4.16. The van der Waals surface area contributed by atoms with Crippen molar-refractivity contribution >= 4 is 11.6 Å². The van der Waals surface area contributed by atoms with E-state index >= 15 is 0 Å². The average molecular weight is 309 g/mol. The molecule has 1 rings (SSSR count). The first kappa shape index (κ1) is 17.3. The molecule has 1 aromatic rings. The van der Waals surface area contributed by atoms with E-state index < -0.39 is 12.7 Å². The van der Waals surface area contributed by atoms with Crippen LogP contribution >= 0.6 is 11.6 Å². The Balaban J connectivity index is 2.62. The molecule has 0 fully saturated rings. The number of nitrogens with one attached hydrogen (secondary N) is 1. The Hall–Kier alpha value is -0.780. The number of halogens is 4. The Morgan fingerprint density at radius 1 is 1.30 bits per heavy atom. The average Bonchev–Trinajstić information content (AvgIpc) is 2.33. The molecular formula is C14H20ClF3N2. The molecule has 0 heterocycles. The molecule has 0 amide bonds. The second-order valence-electron chi connectivity index (χ2n) is 4.77. The van der Waals surface area contributed by atoms with E-state index in [9.17, 15) is 13.2 Å². The van der Waals surface area contributed by atoms with Crippen LogP contribution in [0.5, 0.6) is 0 Å². The summed E-state index contributed by atoms with van der Waals surface area (Å²) in [7, 11) is 1.48. The van der Waals surface area contributed by atoms with Crippen LogP contribution in [0.4, 0.5) is 13.2 Å². The van der Waals surface area contributed by atoms with Crippen molar-refractivity contribution in [2.75, 3.05) is 26.7 Å². The second kappa shape index (κ2) is 7.86. The van der Waals surface area contributed by atoms with Crippen LogP contribution in [-0.2, 0) is 0 Å². The third-order valence-electron chi connectivity index (χ3n) is 2.98. The van der Waals surface area contributed by atoms with Gasteiger partial charge in [0.05, 0.1) is 6.54 Å².